The van der Waals surface area contributed by atoms with Gasteiger partial charge in [0.15, 0.2) is 5.69 Å². The van der Waals surface area contributed by atoms with Crippen LogP contribution in [0.15, 0.2) is 30.3 Å². The van der Waals surface area contributed by atoms with Crippen LogP contribution in [0.1, 0.15) is 37.6 Å². The molecular weight excluding hydrogens is 317 g/mol. The zero-order valence-electron chi connectivity index (χ0n) is 14.1. The minimum Gasteiger partial charge on any atom is -0.366 e. The lowest BCUT2D eigenvalue weighted by molar-refractivity contribution is -0.141. The predicted molar refractivity (Wildman–Crippen MR) is 88.9 cm³/mol. The van der Waals surface area contributed by atoms with Gasteiger partial charge in [-0.25, -0.2) is 4.98 Å². The number of aryl methyl sites for hydroxylation is 1. The van der Waals surface area contributed by atoms with Crippen molar-refractivity contribution in [3.05, 3.63) is 47.2 Å². The van der Waals surface area contributed by atoms with Gasteiger partial charge >= 0.3 is 6.18 Å². The van der Waals surface area contributed by atoms with Crippen LogP contribution in [-0.4, -0.2) is 15.5 Å². The second kappa shape index (κ2) is 6.67. The summed E-state index contributed by atoms with van der Waals surface area (Å²) in [5, 5.41) is 5.81. The number of nitrogens with zero attached hydrogens (tertiary/aromatic N) is 2. The monoisotopic (exact) mass is 338 g/mol. The molecule has 0 saturated heterocycles. The standard InChI is InChI=1S/C17H21F3N4/c1-11-5-7-12(8-6-11)10-21-14-9-13(17(18,19)20)22-15(23-14)24-16(2,3)4/h5-9H,10H2,1-4H3,(H2,21,22,23,24). The Hall–Kier alpha value is -2.31. The third-order valence-corrected chi connectivity index (χ3v) is 3.10. The first-order chi connectivity index (χ1) is 11.0. The second-order valence-electron chi connectivity index (χ2n) is 6.67. The molecule has 130 valence electrons. The number of hydrogen-bond acceptors (Lipinski definition) is 4. The van der Waals surface area contributed by atoms with E-state index in [4.69, 9.17) is 0 Å². The van der Waals surface area contributed by atoms with Crippen molar-refractivity contribution in [1.82, 2.24) is 9.97 Å². The Balaban J connectivity index is 2.24. The Kier molecular flexibility index (Phi) is 5.01. The van der Waals surface area contributed by atoms with Crippen molar-refractivity contribution in [3.8, 4) is 0 Å². The molecule has 0 spiro atoms. The number of hydrogen-bond donors (Lipinski definition) is 2. The zero-order chi connectivity index (χ0) is 18.0. The summed E-state index contributed by atoms with van der Waals surface area (Å²) in [6, 6.07) is 8.66. The van der Waals surface area contributed by atoms with Gasteiger partial charge in [-0.05, 0) is 33.3 Å². The topological polar surface area (TPSA) is 49.8 Å². The Morgan fingerprint density at radius 1 is 1.00 bits per heavy atom. The highest BCUT2D eigenvalue weighted by Crippen LogP contribution is 2.30. The highest BCUT2D eigenvalue weighted by Gasteiger charge is 2.34. The summed E-state index contributed by atoms with van der Waals surface area (Å²) in [6.45, 7) is 7.84. The molecule has 24 heavy (non-hydrogen) atoms. The van der Waals surface area contributed by atoms with Gasteiger partial charge in [0.1, 0.15) is 5.82 Å². The fraction of sp³-hybridized carbons (Fsp3) is 0.412. The molecule has 0 aliphatic heterocycles. The highest BCUT2D eigenvalue weighted by molar-refractivity contribution is 5.44. The number of alkyl halides is 3. The summed E-state index contributed by atoms with van der Waals surface area (Å²) in [5.74, 6) is 0.0772. The summed E-state index contributed by atoms with van der Waals surface area (Å²) in [4.78, 5) is 7.70. The Labute approximate surface area is 139 Å². The molecular formula is C17H21F3N4. The van der Waals surface area contributed by atoms with Gasteiger partial charge in [-0.1, -0.05) is 29.8 Å². The minimum atomic E-state index is -4.53. The van der Waals surface area contributed by atoms with Crippen LogP contribution in [0, 0.1) is 6.92 Å². The molecule has 4 nitrogen and oxygen atoms in total. The first kappa shape index (κ1) is 18.0. The first-order valence-corrected chi connectivity index (χ1v) is 7.57. The van der Waals surface area contributed by atoms with E-state index in [1.807, 2.05) is 52.0 Å². The number of benzene rings is 1. The van der Waals surface area contributed by atoms with E-state index in [9.17, 15) is 13.2 Å². The molecule has 1 heterocycles. The predicted octanol–water partition coefficient (Wildman–Crippen LogP) is 4.63. The van der Waals surface area contributed by atoms with Crippen LogP contribution < -0.4 is 10.6 Å². The molecule has 7 heteroatoms. The van der Waals surface area contributed by atoms with Gasteiger partial charge < -0.3 is 10.6 Å². The van der Waals surface area contributed by atoms with Crippen LogP contribution in [0.2, 0.25) is 0 Å². The van der Waals surface area contributed by atoms with Gasteiger partial charge in [-0.2, -0.15) is 18.2 Å². The molecule has 0 atom stereocenters. The van der Waals surface area contributed by atoms with E-state index in [1.54, 1.807) is 0 Å². The van der Waals surface area contributed by atoms with Crippen molar-refractivity contribution in [1.29, 1.82) is 0 Å². The molecule has 0 aliphatic rings. The summed E-state index contributed by atoms with van der Waals surface area (Å²) < 4.78 is 39.1. The summed E-state index contributed by atoms with van der Waals surface area (Å²) in [7, 11) is 0. The smallest absolute Gasteiger partial charge is 0.366 e. The normalized spacial score (nSPS) is 12.1. The van der Waals surface area contributed by atoms with Crippen LogP contribution >= 0.6 is 0 Å². The lowest BCUT2D eigenvalue weighted by Crippen LogP contribution is -2.28. The third kappa shape index (κ3) is 5.40. The molecule has 2 aromatic rings. The number of anilines is 2. The van der Waals surface area contributed by atoms with Gasteiger partial charge in [0.25, 0.3) is 0 Å². The van der Waals surface area contributed by atoms with Gasteiger partial charge in [0.2, 0.25) is 5.95 Å². The molecule has 0 bridgehead atoms. The van der Waals surface area contributed by atoms with Gasteiger partial charge in [-0.15, -0.1) is 0 Å². The van der Waals surface area contributed by atoms with E-state index < -0.39 is 17.4 Å². The first-order valence-electron chi connectivity index (χ1n) is 7.57. The van der Waals surface area contributed by atoms with Crippen molar-refractivity contribution in [2.24, 2.45) is 0 Å². The molecule has 0 unspecified atom stereocenters. The van der Waals surface area contributed by atoms with E-state index in [1.165, 1.54) is 0 Å². The van der Waals surface area contributed by atoms with Gasteiger partial charge in [0.05, 0.1) is 0 Å². The molecule has 1 aromatic heterocycles. The highest BCUT2D eigenvalue weighted by atomic mass is 19.4. The molecule has 1 aromatic carbocycles. The molecule has 0 aliphatic carbocycles. The molecule has 0 amide bonds. The zero-order valence-corrected chi connectivity index (χ0v) is 14.1. The van der Waals surface area contributed by atoms with E-state index in [-0.39, 0.29) is 11.8 Å². The average molecular weight is 338 g/mol. The van der Waals surface area contributed by atoms with E-state index in [0.717, 1.165) is 17.2 Å². The summed E-state index contributed by atoms with van der Waals surface area (Å²) in [5.41, 5.74) is 0.656. The summed E-state index contributed by atoms with van der Waals surface area (Å²) in [6.07, 6.45) is -4.53. The Bertz CT molecular complexity index is 688. The van der Waals surface area contributed by atoms with Crippen LogP contribution in [0.3, 0.4) is 0 Å². The number of rotatable bonds is 4. The van der Waals surface area contributed by atoms with Crippen molar-refractivity contribution in [2.45, 2.75) is 46.0 Å². The van der Waals surface area contributed by atoms with Crippen molar-refractivity contribution in [3.63, 3.8) is 0 Å². The number of halogens is 3. The van der Waals surface area contributed by atoms with Gasteiger partial charge in [0, 0.05) is 18.2 Å². The molecule has 2 N–H and O–H groups in total. The summed E-state index contributed by atoms with van der Waals surface area (Å²) >= 11 is 0. The van der Waals surface area contributed by atoms with Crippen molar-refractivity contribution in [2.75, 3.05) is 10.6 Å². The molecule has 0 saturated carbocycles. The largest absolute Gasteiger partial charge is 0.433 e. The Morgan fingerprint density at radius 3 is 2.17 bits per heavy atom. The second-order valence-corrected chi connectivity index (χ2v) is 6.67. The third-order valence-electron chi connectivity index (χ3n) is 3.10. The van der Waals surface area contributed by atoms with E-state index >= 15 is 0 Å². The number of aromatic nitrogens is 2. The van der Waals surface area contributed by atoms with Crippen molar-refractivity contribution >= 4 is 11.8 Å². The maximum atomic E-state index is 13.0. The lowest BCUT2D eigenvalue weighted by Gasteiger charge is -2.21. The van der Waals surface area contributed by atoms with Crippen LogP contribution in [0.4, 0.5) is 24.9 Å². The van der Waals surface area contributed by atoms with Crippen LogP contribution in [-0.2, 0) is 12.7 Å². The molecule has 0 fully saturated rings. The maximum absolute atomic E-state index is 13.0. The minimum absolute atomic E-state index is 0.0521. The maximum Gasteiger partial charge on any atom is 0.433 e. The SMILES string of the molecule is Cc1ccc(CNc2cc(C(F)(F)F)nc(NC(C)(C)C)n2)cc1. The fourth-order valence-corrected chi connectivity index (χ4v) is 1.97. The van der Waals surface area contributed by atoms with Crippen LogP contribution in [0.25, 0.3) is 0 Å². The molecule has 2 rings (SSSR count). The van der Waals surface area contributed by atoms with E-state index in [0.29, 0.717) is 6.54 Å². The molecule has 0 radical (unpaired) electrons. The lowest BCUT2D eigenvalue weighted by atomic mass is 10.1. The van der Waals surface area contributed by atoms with Crippen molar-refractivity contribution < 1.29 is 13.2 Å². The van der Waals surface area contributed by atoms with E-state index in [2.05, 4.69) is 20.6 Å². The average Bonchev–Trinajstić information content (AvgIpc) is 2.44. The number of nitrogens with one attached hydrogen (secondary N) is 2. The fourth-order valence-electron chi connectivity index (χ4n) is 1.97. The Morgan fingerprint density at radius 2 is 1.62 bits per heavy atom. The van der Waals surface area contributed by atoms with Crippen LogP contribution in [0.5, 0.6) is 0 Å². The quantitative estimate of drug-likeness (QED) is 0.854. The van der Waals surface area contributed by atoms with Gasteiger partial charge in [-0.3, -0.25) is 0 Å².